The molecule has 2 fully saturated rings. The quantitative estimate of drug-likeness (QED) is 0.520. The molecule has 2 heterocycles. The molecule has 0 aliphatic carbocycles. The lowest BCUT2D eigenvalue weighted by atomic mass is 9.93. The summed E-state index contributed by atoms with van der Waals surface area (Å²) in [6.07, 6.45) is -5.26. The Morgan fingerprint density at radius 2 is 1.94 bits per heavy atom. The van der Waals surface area contributed by atoms with Crippen LogP contribution in [0.4, 0.5) is 17.6 Å². The number of ether oxygens (including phenoxy) is 1. The van der Waals surface area contributed by atoms with Gasteiger partial charge < -0.3 is 20.0 Å². The normalized spacial score (nSPS) is 26.9. The zero-order chi connectivity index (χ0) is 12.4. The van der Waals surface area contributed by atoms with Gasteiger partial charge in [0, 0.05) is 6.42 Å². The van der Waals surface area contributed by atoms with Gasteiger partial charge >= 0.3 is 6.18 Å². The van der Waals surface area contributed by atoms with Crippen molar-refractivity contribution >= 4 is 5.97 Å². The molecule has 0 bridgehead atoms. The summed E-state index contributed by atoms with van der Waals surface area (Å²) in [5.41, 5.74) is -0.0422. The zero-order valence-electron chi connectivity index (χ0n) is 8.22. The van der Waals surface area contributed by atoms with E-state index in [1.165, 1.54) is 0 Å². The number of hydrogen-bond donors (Lipinski definition) is 1. The van der Waals surface area contributed by atoms with E-state index in [1.807, 2.05) is 0 Å². The Morgan fingerprint density at radius 1 is 1.44 bits per heavy atom. The fraction of sp³-hybridized carbons (Fsp3) is 0.875. The summed E-state index contributed by atoms with van der Waals surface area (Å²) < 4.78 is 49.3. The third-order valence-corrected chi connectivity index (χ3v) is 2.43. The van der Waals surface area contributed by atoms with Crippen molar-refractivity contribution in [3.05, 3.63) is 0 Å². The first-order valence-corrected chi connectivity index (χ1v) is 4.63. The van der Waals surface area contributed by atoms with Gasteiger partial charge in [-0.3, -0.25) is 0 Å². The van der Waals surface area contributed by atoms with Crippen LogP contribution in [-0.4, -0.2) is 43.6 Å². The summed E-state index contributed by atoms with van der Waals surface area (Å²) in [4.78, 5) is 8.78. The van der Waals surface area contributed by atoms with Crippen LogP contribution in [-0.2, 0) is 9.53 Å². The average Bonchev–Trinajstić information content (AvgIpc) is 2.46. The van der Waals surface area contributed by atoms with Crippen LogP contribution in [0.3, 0.4) is 0 Å². The number of alkyl halides is 4. The summed E-state index contributed by atoms with van der Waals surface area (Å²) in [7, 11) is 0. The van der Waals surface area contributed by atoms with Crippen LogP contribution in [0, 0.1) is 0 Å². The number of carboxylic acids is 1. The van der Waals surface area contributed by atoms with Gasteiger partial charge in [0.15, 0.2) is 5.60 Å². The van der Waals surface area contributed by atoms with Gasteiger partial charge in [-0.05, 0) is 0 Å². The Bertz CT molecular complexity index is 264. The highest BCUT2D eigenvalue weighted by atomic mass is 19.4. The van der Waals surface area contributed by atoms with Gasteiger partial charge in [-0.15, -0.1) is 0 Å². The molecular formula is C8H11F4NO3. The molecule has 1 atom stereocenters. The molecule has 0 aromatic rings. The molecule has 2 saturated heterocycles. The van der Waals surface area contributed by atoms with E-state index in [0.717, 1.165) is 13.1 Å². The highest BCUT2D eigenvalue weighted by Gasteiger charge is 2.49. The Morgan fingerprint density at radius 3 is 2.06 bits per heavy atom. The van der Waals surface area contributed by atoms with Crippen LogP contribution >= 0.6 is 0 Å². The van der Waals surface area contributed by atoms with Crippen molar-refractivity contribution < 1.29 is 37.5 Å². The van der Waals surface area contributed by atoms with Crippen LogP contribution < -0.4 is 10.4 Å². The van der Waals surface area contributed by atoms with Gasteiger partial charge in [0.25, 0.3) is 0 Å². The standard InChI is InChI=1S/C6H10FNO.C2HF3O2/c7-5-1-6(9-2-5)3-8-4-6;3-2(4,5)1(6)7/h5,8H,1-4H2;(H,6,7)/t5-;/m1./s1. The van der Waals surface area contributed by atoms with E-state index < -0.39 is 18.3 Å². The molecule has 2 aliphatic rings. The fourth-order valence-corrected chi connectivity index (χ4v) is 1.54. The molecule has 2 aliphatic heterocycles. The molecule has 0 radical (unpaired) electrons. The molecule has 4 nitrogen and oxygen atoms in total. The van der Waals surface area contributed by atoms with Gasteiger partial charge in [-0.1, -0.05) is 0 Å². The predicted octanol–water partition coefficient (Wildman–Crippen LogP) is -1.64. The molecular weight excluding hydrogens is 234 g/mol. The Kier molecular flexibility index (Phi) is 3.74. The lowest BCUT2D eigenvalue weighted by molar-refractivity contribution is -0.741. The SMILES string of the molecule is F[C@H]1COC2(C[NH2+]C2)C1.O=C([O-])C(F)(F)F. The van der Waals surface area contributed by atoms with Crippen molar-refractivity contribution in [1.82, 2.24) is 0 Å². The summed E-state index contributed by atoms with van der Waals surface area (Å²) in [6.45, 7) is 2.26. The molecule has 0 aromatic carbocycles. The molecule has 94 valence electrons. The number of aliphatic carboxylic acids is 1. The molecule has 8 heteroatoms. The van der Waals surface area contributed by atoms with Gasteiger partial charge in [-0.2, -0.15) is 13.2 Å². The van der Waals surface area contributed by atoms with Crippen LogP contribution in [0.25, 0.3) is 0 Å². The lowest BCUT2D eigenvalue weighted by Gasteiger charge is -2.32. The monoisotopic (exact) mass is 245 g/mol. The molecule has 0 amide bonds. The molecule has 0 unspecified atom stereocenters. The number of carboxylic acid groups (broad SMARTS) is 1. The van der Waals surface area contributed by atoms with E-state index in [1.54, 1.807) is 0 Å². The third-order valence-electron chi connectivity index (χ3n) is 2.43. The fourth-order valence-electron chi connectivity index (χ4n) is 1.54. The van der Waals surface area contributed by atoms with E-state index in [4.69, 9.17) is 14.6 Å². The molecule has 2 rings (SSSR count). The van der Waals surface area contributed by atoms with E-state index in [9.17, 15) is 17.6 Å². The first-order chi connectivity index (χ1) is 7.25. The highest BCUT2D eigenvalue weighted by Crippen LogP contribution is 2.27. The Hall–Kier alpha value is -0.890. The number of hydrogen-bond acceptors (Lipinski definition) is 3. The second-order valence-corrected chi connectivity index (χ2v) is 3.78. The lowest BCUT2D eigenvalue weighted by Crippen LogP contribution is -3.02. The maximum atomic E-state index is 12.5. The summed E-state index contributed by atoms with van der Waals surface area (Å²) in [5.74, 6) is -3.01. The van der Waals surface area contributed by atoms with E-state index in [2.05, 4.69) is 5.32 Å². The molecule has 16 heavy (non-hydrogen) atoms. The van der Waals surface area contributed by atoms with E-state index in [0.29, 0.717) is 13.0 Å². The molecule has 1 spiro atoms. The average molecular weight is 245 g/mol. The van der Waals surface area contributed by atoms with Crippen LogP contribution in [0.15, 0.2) is 0 Å². The van der Waals surface area contributed by atoms with E-state index >= 15 is 0 Å². The predicted molar refractivity (Wildman–Crippen MR) is 40.9 cm³/mol. The van der Waals surface area contributed by atoms with Gasteiger partial charge in [0.05, 0.1) is 6.61 Å². The number of quaternary nitrogens is 1. The summed E-state index contributed by atoms with van der Waals surface area (Å²) in [6, 6.07) is 0. The van der Waals surface area contributed by atoms with Gasteiger partial charge in [-0.25, -0.2) is 4.39 Å². The zero-order valence-corrected chi connectivity index (χ0v) is 8.22. The molecule has 0 aromatic heterocycles. The Labute approximate surface area is 88.6 Å². The number of nitrogens with two attached hydrogens (primary N) is 1. The molecule has 0 saturated carbocycles. The van der Waals surface area contributed by atoms with Crippen molar-refractivity contribution in [2.75, 3.05) is 19.7 Å². The maximum Gasteiger partial charge on any atom is 0.430 e. The minimum atomic E-state index is -5.19. The van der Waals surface area contributed by atoms with Gasteiger partial charge in [0.2, 0.25) is 0 Å². The smallest absolute Gasteiger partial charge is 0.430 e. The number of carbonyl (C=O) groups is 1. The van der Waals surface area contributed by atoms with Gasteiger partial charge in [0.1, 0.15) is 25.2 Å². The molecule has 2 N–H and O–H groups in total. The summed E-state index contributed by atoms with van der Waals surface area (Å²) in [5, 5.41) is 10.9. The highest BCUT2D eigenvalue weighted by molar-refractivity contribution is 5.70. The van der Waals surface area contributed by atoms with Crippen molar-refractivity contribution in [2.24, 2.45) is 0 Å². The van der Waals surface area contributed by atoms with Crippen LogP contribution in [0.1, 0.15) is 6.42 Å². The number of rotatable bonds is 0. The van der Waals surface area contributed by atoms with Crippen molar-refractivity contribution in [1.29, 1.82) is 0 Å². The minimum Gasteiger partial charge on any atom is -0.542 e. The number of halogens is 4. The first kappa shape index (κ1) is 13.2. The van der Waals surface area contributed by atoms with Crippen molar-refractivity contribution in [3.63, 3.8) is 0 Å². The third kappa shape index (κ3) is 3.31. The second kappa shape index (κ2) is 4.54. The largest absolute Gasteiger partial charge is 0.542 e. The first-order valence-electron chi connectivity index (χ1n) is 4.63. The topological polar surface area (TPSA) is 66.0 Å². The van der Waals surface area contributed by atoms with Crippen LogP contribution in [0.5, 0.6) is 0 Å². The van der Waals surface area contributed by atoms with Crippen molar-refractivity contribution in [2.45, 2.75) is 24.4 Å². The number of carbonyl (C=O) groups excluding carboxylic acids is 1. The van der Waals surface area contributed by atoms with Crippen molar-refractivity contribution in [3.8, 4) is 0 Å². The second-order valence-electron chi connectivity index (χ2n) is 3.78. The Balaban J connectivity index is 0.000000168. The minimum absolute atomic E-state index is 0.0422. The summed E-state index contributed by atoms with van der Waals surface area (Å²) >= 11 is 0. The maximum absolute atomic E-state index is 12.5. The van der Waals surface area contributed by atoms with E-state index in [-0.39, 0.29) is 5.60 Å². The van der Waals surface area contributed by atoms with Crippen LogP contribution in [0.2, 0.25) is 0 Å².